The molecule has 1 aromatic carbocycles. The molecule has 32 heavy (non-hydrogen) atoms. The smallest absolute Gasteiger partial charge is 0.310 e. The SMILES string of the molecule is C=C1CCC[C@]2(C)C[C@H]3OC(=O)C(CN4CCN(c5cccc(C)c5C)CC4)[C@H]3CC12.Cl. The van der Waals surface area contributed by atoms with Gasteiger partial charge in [-0.1, -0.05) is 31.2 Å². The van der Waals surface area contributed by atoms with Crippen LogP contribution < -0.4 is 4.90 Å². The molecule has 5 atom stereocenters. The second-order valence-corrected chi connectivity index (χ2v) is 10.9. The molecule has 0 bridgehead atoms. The summed E-state index contributed by atoms with van der Waals surface area (Å²) in [6.45, 7) is 16.2. The van der Waals surface area contributed by atoms with Crippen LogP contribution in [0.4, 0.5) is 5.69 Å². The van der Waals surface area contributed by atoms with Gasteiger partial charge in [-0.3, -0.25) is 9.69 Å². The highest BCUT2D eigenvalue weighted by Crippen LogP contribution is 2.56. The number of allylic oxidation sites excluding steroid dienone is 1. The molecule has 2 unspecified atom stereocenters. The highest BCUT2D eigenvalue weighted by atomic mass is 35.5. The molecule has 2 saturated heterocycles. The molecule has 4 aliphatic rings. The van der Waals surface area contributed by atoms with Gasteiger partial charge in [-0.25, -0.2) is 0 Å². The van der Waals surface area contributed by atoms with Crippen molar-refractivity contribution in [1.29, 1.82) is 0 Å². The Balaban J connectivity index is 0.00000245. The van der Waals surface area contributed by atoms with Crippen LogP contribution in [0.2, 0.25) is 0 Å². The topological polar surface area (TPSA) is 32.8 Å². The summed E-state index contributed by atoms with van der Waals surface area (Å²) < 4.78 is 5.98. The van der Waals surface area contributed by atoms with Crippen molar-refractivity contribution in [3.63, 3.8) is 0 Å². The summed E-state index contributed by atoms with van der Waals surface area (Å²) in [4.78, 5) is 17.9. The maximum Gasteiger partial charge on any atom is 0.310 e. The average Bonchev–Trinajstić information content (AvgIpc) is 3.03. The number of hydrogen-bond donors (Lipinski definition) is 0. The van der Waals surface area contributed by atoms with E-state index in [4.69, 9.17) is 4.74 Å². The molecule has 5 heteroatoms. The fourth-order valence-corrected chi connectivity index (χ4v) is 6.99. The molecule has 2 heterocycles. The maximum atomic E-state index is 12.9. The van der Waals surface area contributed by atoms with Gasteiger partial charge in [0.15, 0.2) is 0 Å². The first kappa shape index (κ1) is 23.6. The summed E-state index contributed by atoms with van der Waals surface area (Å²) in [6, 6.07) is 6.59. The molecule has 2 aliphatic carbocycles. The number of hydrogen-bond acceptors (Lipinski definition) is 4. The Morgan fingerprint density at radius 3 is 2.69 bits per heavy atom. The van der Waals surface area contributed by atoms with Crippen LogP contribution in [0.5, 0.6) is 0 Å². The molecule has 0 amide bonds. The number of carbonyl (C=O) groups excluding carboxylic acids is 1. The number of aryl methyl sites for hydroxylation is 1. The summed E-state index contributed by atoms with van der Waals surface area (Å²) in [6.07, 6.45) is 5.91. The summed E-state index contributed by atoms with van der Waals surface area (Å²) >= 11 is 0. The number of esters is 1. The second-order valence-electron chi connectivity index (χ2n) is 10.9. The van der Waals surface area contributed by atoms with Crippen molar-refractivity contribution in [2.75, 3.05) is 37.6 Å². The van der Waals surface area contributed by atoms with Crippen LogP contribution in [0.1, 0.15) is 50.2 Å². The van der Waals surface area contributed by atoms with Crippen molar-refractivity contribution >= 4 is 24.1 Å². The monoisotopic (exact) mass is 458 g/mol. The van der Waals surface area contributed by atoms with Gasteiger partial charge in [-0.15, -0.1) is 12.4 Å². The number of piperazine rings is 1. The van der Waals surface area contributed by atoms with Crippen molar-refractivity contribution in [2.24, 2.45) is 23.2 Å². The van der Waals surface area contributed by atoms with Gasteiger partial charge >= 0.3 is 5.97 Å². The van der Waals surface area contributed by atoms with Crippen molar-refractivity contribution in [3.05, 3.63) is 41.5 Å². The standard InChI is InChI=1S/C27H38N2O2.ClH/c1-18-7-5-9-24(20(18)3)29-13-11-28(12-14-29)17-22-21-15-23-19(2)8-6-10-27(23,4)16-25(21)31-26(22)30;/h5,7,9,21-23,25H,2,6,8,10-17H2,1,3-4H3;1H/t21-,22?,23?,25-,27-;/m1./s1. The first-order chi connectivity index (χ1) is 14.9. The fraction of sp³-hybridized carbons (Fsp3) is 0.667. The molecule has 1 aromatic rings. The number of ether oxygens (including phenoxy) is 1. The van der Waals surface area contributed by atoms with Gasteiger partial charge in [0.2, 0.25) is 0 Å². The molecular formula is C27H39ClN2O2. The molecule has 176 valence electrons. The van der Waals surface area contributed by atoms with Crippen molar-refractivity contribution in [1.82, 2.24) is 4.90 Å². The lowest BCUT2D eigenvalue weighted by molar-refractivity contribution is -0.146. The van der Waals surface area contributed by atoms with Crippen LogP contribution in [0.3, 0.4) is 0 Å². The normalized spacial score (nSPS) is 35.0. The number of anilines is 1. The summed E-state index contributed by atoms with van der Waals surface area (Å²) in [5.74, 6) is 1.04. The quantitative estimate of drug-likeness (QED) is 0.462. The maximum absolute atomic E-state index is 12.9. The molecule has 2 aliphatic heterocycles. The lowest BCUT2D eigenvalue weighted by Gasteiger charge is -2.50. The molecule has 0 aromatic heterocycles. The number of rotatable bonds is 3. The van der Waals surface area contributed by atoms with Gasteiger partial charge in [0, 0.05) is 44.3 Å². The zero-order chi connectivity index (χ0) is 21.8. The van der Waals surface area contributed by atoms with E-state index in [9.17, 15) is 4.79 Å². The molecule has 0 spiro atoms. The lowest BCUT2D eigenvalue weighted by Crippen LogP contribution is -2.50. The van der Waals surface area contributed by atoms with Crippen molar-refractivity contribution in [2.45, 2.75) is 59.0 Å². The van der Waals surface area contributed by atoms with E-state index in [-0.39, 0.29) is 35.8 Å². The second kappa shape index (κ2) is 9.02. The predicted molar refractivity (Wildman–Crippen MR) is 132 cm³/mol. The number of carbonyl (C=O) groups is 1. The molecular weight excluding hydrogens is 420 g/mol. The Hall–Kier alpha value is -1.52. The van der Waals surface area contributed by atoms with Crippen LogP contribution in [0.25, 0.3) is 0 Å². The largest absolute Gasteiger partial charge is 0.462 e. The molecule has 2 saturated carbocycles. The molecule has 5 rings (SSSR count). The van der Waals surface area contributed by atoms with E-state index < -0.39 is 0 Å². The first-order valence-corrected chi connectivity index (χ1v) is 12.3. The Labute approximate surface area is 199 Å². The average molecular weight is 459 g/mol. The Morgan fingerprint density at radius 2 is 1.94 bits per heavy atom. The molecule has 4 fully saturated rings. The van der Waals surface area contributed by atoms with Gasteiger partial charge in [-0.05, 0) is 74.5 Å². The number of benzene rings is 1. The highest BCUT2D eigenvalue weighted by Gasteiger charge is 2.55. The van der Waals surface area contributed by atoms with E-state index in [0.29, 0.717) is 11.8 Å². The molecule has 4 nitrogen and oxygen atoms in total. The Kier molecular flexibility index (Phi) is 6.66. The first-order valence-electron chi connectivity index (χ1n) is 12.3. The van der Waals surface area contributed by atoms with E-state index in [1.807, 2.05) is 0 Å². The van der Waals surface area contributed by atoms with Crippen LogP contribution in [0, 0.1) is 37.0 Å². The van der Waals surface area contributed by atoms with E-state index >= 15 is 0 Å². The summed E-state index contributed by atoms with van der Waals surface area (Å²) in [7, 11) is 0. The van der Waals surface area contributed by atoms with Crippen LogP contribution in [0.15, 0.2) is 30.4 Å². The minimum atomic E-state index is 0. The van der Waals surface area contributed by atoms with Crippen LogP contribution in [-0.4, -0.2) is 49.7 Å². The van der Waals surface area contributed by atoms with Gasteiger partial charge in [0.05, 0.1) is 5.92 Å². The Morgan fingerprint density at radius 1 is 1.19 bits per heavy atom. The van der Waals surface area contributed by atoms with Gasteiger partial charge < -0.3 is 9.64 Å². The van der Waals surface area contributed by atoms with Gasteiger partial charge in [-0.2, -0.15) is 0 Å². The number of fused-ring (bicyclic) bond motifs is 2. The highest BCUT2D eigenvalue weighted by molar-refractivity contribution is 5.85. The third-order valence-corrected chi connectivity index (χ3v) is 9.06. The third-order valence-electron chi connectivity index (χ3n) is 9.06. The van der Waals surface area contributed by atoms with Crippen LogP contribution >= 0.6 is 12.4 Å². The molecule has 0 N–H and O–H groups in total. The van der Waals surface area contributed by atoms with Crippen molar-refractivity contribution < 1.29 is 9.53 Å². The zero-order valence-corrected chi connectivity index (χ0v) is 20.8. The summed E-state index contributed by atoms with van der Waals surface area (Å²) in [5.41, 5.74) is 5.81. The Bertz CT molecular complexity index is 878. The van der Waals surface area contributed by atoms with Gasteiger partial charge in [0.25, 0.3) is 0 Å². The minimum absolute atomic E-state index is 0. The van der Waals surface area contributed by atoms with E-state index in [2.05, 4.69) is 55.3 Å². The molecule has 0 radical (unpaired) electrons. The fourth-order valence-electron chi connectivity index (χ4n) is 6.99. The van der Waals surface area contributed by atoms with E-state index in [0.717, 1.165) is 52.0 Å². The number of halogens is 1. The summed E-state index contributed by atoms with van der Waals surface area (Å²) in [5, 5.41) is 0. The van der Waals surface area contributed by atoms with Crippen LogP contribution in [-0.2, 0) is 9.53 Å². The van der Waals surface area contributed by atoms with E-state index in [1.54, 1.807) is 0 Å². The van der Waals surface area contributed by atoms with Gasteiger partial charge in [0.1, 0.15) is 6.10 Å². The lowest BCUT2D eigenvalue weighted by atomic mass is 9.55. The predicted octanol–water partition coefficient (Wildman–Crippen LogP) is 5.16. The van der Waals surface area contributed by atoms with Crippen molar-refractivity contribution in [3.8, 4) is 0 Å². The van der Waals surface area contributed by atoms with E-state index in [1.165, 1.54) is 35.2 Å². The zero-order valence-electron chi connectivity index (χ0n) is 19.9. The number of nitrogens with zero attached hydrogens (tertiary/aromatic N) is 2. The third kappa shape index (κ3) is 4.09. The minimum Gasteiger partial charge on any atom is -0.462 e.